The molecule has 1 aromatic rings. The van der Waals surface area contributed by atoms with Crippen LogP contribution in [0.2, 0.25) is 0 Å². The molecule has 1 fully saturated rings. The van der Waals surface area contributed by atoms with Crippen molar-refractivity contribution in [3.8, 4) is 0 Å². The summed E-state index contributed by atoms with van der Waals surface area (Å²) < 4.78 is 13.0. The Balaban J connectivity index is 2.19. The number of rotatable bonds is 4. The molecule has 112 valence electrons. The van der Waals surface area contributed by atoms with Gasteiger partial charge in [0.2, 0.25) is 0 Å². The normalized spacial score (nSPS) is 30.7. The van der Waals surface area contributed by atoms with Crippen LogP contribution in [0.4, 0.5) is 4.39 Å². The van der Waals surface area contributed by atoms with E-state index in [0.717, 1.165) is 24.9 Å². The monoisotopic (exact) mass is 279 g/mol. The molecule has 1 aliphatic rings. The molecule has 1 N–H and O–H groups in total. The van der Waals surface area contributed by atoms with E-state index in [1.807, 2.05) is 0 Å². The summed E-state index contributed by atoms with van der Waals surface area (Å²) in [6, 6.07) is 6.54. The third-order valence-electron chi connectivity index (χ3n) is 4.74. The van der Waals surface area contributed by atoms with Gasteiger partial charge >= 0.3 is 0 Å². The Labute approximate surface area is 121 Å². The number of benzene rings is 1. The lowest BCUT2D eigenvalue weighted by molar-refractivity contribution is -0.0939. The van der Waals surface area contributed by atoms with Gasteiger partial charge in [-0.15, -0.1) is 0 Å². The molecule has 0 saturated heterocycles. The van der Waals surface area contributed by atoms with Gasteiger partial charge in [-0.3, -0.25) is 0 Å². The van der Waals surface area contributed by atoms with Crippen LogP contribution in [0.1, 0.15) is 31.7 Å². The molecule has 1 aromatic carbocycles. The quantitative estimate of drug-likeness (QED) is 0.915. The second-order valence-electron chi connectivity index (χ2n) is 6.59. The first-order valence-corrected chi connectivity index (χ1v) is 7.53. The maximum Gasteiger partial charge on any atom is 0.123 e. The maximum atomic E-state index is 13.0. The summed E-state index contributed by atoms with van der Waals surface area (Å²) in [7, 11) is 4.11. The minimum absolute atomic E-state index is 0.220. The van der Waals surface area contributed by atoms with Crippen molar-refractivity contribution < 1.29 is 9.50 Å². The highest BCUT2D eigenvalue weighted by Gasteiger charge is 2.43. The van der Waals surface area contributed by atoms with E-state index < -0.39 is 5.60 Å². The Kier molecular flexibility index (Phi) is 4.82. The molecule has 0 heterocycles. The van der Waals surface area contributed by atoms with Gasteiger partial charge in [0.15, 0.2) is 0 Å². The SMILES string of the molecule is CC1CCCC(CN(C)C)C1(O)Cc1ccc(F)cc1. The van der Waals surface area contributed by atoms with Crippen molar-refractivity contribution in [1.29, 1.82) is 0 Å². The molecule has 1 saturated carbocycles. The predicted molar refractivity (Wildman–Crippen MR) is 80.1 cm³/mol. The van der Waals surface area contributed by atoms with E-state index in [1.54, 1.807) is 12.1 Å². The minimum atomic E-state index is -0.680. The van der Waals surface area contributed by atoms with Crippen LogP contribution in [-0.2, 0) is 6.42 Å². The average molecular weight is 279 g/mol. The fourth-order valence-electron chi connectivity index (χ4n) is 3.51. The van der Waals surface area contributed by atoms with Crippen molar-refractivity contribution in [3.63, 3.8) is 0 Å². The molecule has 0 aliphatic heterocycles. The van der Waals surface area contributed by atoms with E-state index in [2.05, 4.69) is 25.9 Å². The van der Waals surface area contributed by atoms with E-state index in [0.29, 0.717) is 6.42 Å². The fourth-order valence-corrected chi connectivity index (χ4v) is 3.51. The first-order chi connectivity index (χ1) is 9.41. The van der Waals surface area contributed by atoms with Crippen LogP contribution in [0.15, 0.2) is 24.3 Å². The summed E-state index contributed by atoms with van der Waals surface area (Å²) in [5.74, 6) is 0.347. The van der Waals surface area contributed by atoms with E-state index in [1.165, 1.54) is 18.6 Å². The van der Waals surface area contributed by atoms with Gasteiger partial charge in [-0.2, -0.15) is 0 Å². The summed E-state index contributed by atoms with van der Waals surface area (Å²) in [5.41, 5.74) is 0.340. The zero-order valence-corrected chi connectivity index (χ0v) is 12.8. The Bertz CT molecular complexity index is 431. The van der Waals surface area contributed by atoms with Gasteiger partial charge in [0, 0.05) is 18.9 Å². The molecule has 0 bridgehead atoms. The van der Waals surface area contributed by atoms with Crippen molar-refractivity contribution in [1.82, 2.24) is 4.90 Å². The van der Waals surface area contributed by atoms with Crippen molar-refractivity contribution in [2.45, 2.75) is 38.2 Å². The van der Waals surface area contributed by atoms with Crippen LogP contribution >= 0.6 is 0 Å². The number of halogens is 1. The van der Waals surface area contributed by atoms with E-state index in [4.69, 9.17) is 0 Å². The van der Waals surface area contributed by atoms with Gasteiger partial charge in [0.25, 0.3) is 0 Å². The minimum Gasteiger partial charge on any atom is -0.389 e. The van der Waals surface area contributed by atoms with Crippen LogP contribution in [0.3, 0.4) is 0 Å². The highest BCUT2D eigenvalue weighted by Crippen LogP contribution is 2.40. The largest absolute Gasteiger partial charge is 0.389 e. The molecule has 3 atom stereocenters. The zero-order valence-electron chi connectivity index (χ0n) is 12.8. The number of hydrogen-bond acceptors (Lipinski definition) is 2. The molecule has 0 aromatic heterocycles. The van der Waals surface area contributed by atoms with E-state index in [-0.39, 0.29) is 17.7 Å². The van der Waals surface area contributed by atoms with Gasteiger partial charge < -0.3 is 10.0 Å². The third-order valence-corrected chi connectivity index (χ3v) is 4.74. The Morgan fingerprint density at radius 3 is 2.50 bits per heavy atom. The molecular formula is C17H26FNO. The van der Waals surface area contributed by atoms with Crippen LogP contribution < -0.4 is 0 Å². The lowest BCUT2D eigenvalue weighted by Crippen LogP contribution is -2.51. The summed E-state index contributed by atoms with van der Waals surface area (Å²) in [5, 5.41) is 11.3. The zero-order chi connectivity index (χ0) is 14.8. The van der Waals surface area contributed by atoms with E-state index in [9.17, 15) is 9.50 Å². The predicted octanol–water partition coefficient (Wildman–Crippen LogP) is 3.10. The molecule has 1 aliphatic carbocycles. The molecule has 2 rings (SSSR count). The van der Waals surface area contributed by atoms with Gasteiger partial charge in [0.1, 0.15) is 5.82 Å². The molecule has 3 heteroatoms. The lowest BCUT2D eigenvalue weighted by atomic mass is 9.66. The van der Waals surface area contributed by atoms with Crippen LogP contribution in [0.5, 0.6) is 0 Å². The smallest absolute Gasteiger partial charge is 0.123 e. The second kappa shape index (κ2) is 6.23. The average Bonchev–Trinajstić information content (AvgIpc) is 2.38. The van der Waals surface area contributed by atoms with Crippen molar-refractivity contribution in [3.05, 3.63) is 35.6 Å². The Morgan fingerprint density at radius 2 is 1.90 bits per heavy atom. The number of aliphatic hydroxyl groups is 1. The Hall–Kier alpha value is -0.930. The lowest BCUT2D eigenvalue weighted by Gasteiger charge is -2.46. The molecule has 3 unspecified atom stereocenters. The third kappa shape index (κ3) is 3.39. The van der Waals surface area contributed by atoms with Gasteiger partial charge in [0.05, 0.1) is 5.60 Å². The van der Waals surface area contributed by atoms with Crippen LogP contribution in [-0.4, -0.2) is 36.2 Å². The molecule has 0 amide bonds. The summed E-state index contributed by atoms with van der Waals surface area (Å²) in [6.45, 7) is 3.05. The number of nitrogens with zero attached hydrogens (tertiary/aromatic N) is 1. The summed E-state index contributed by atoms with van der Waals surface area (Å²) in [6.07, 6.45) is 3.94. The topological polar surface area (TPSA) is 23.5 Å². The fraction of sp³-hybridized carbons (Fsp3) is 0.647. The van der Waals surface area contributed by atoms with Gasteiger partial charge in [-0.1, -0.05) is 25.5 Å². The van der Waals surface area contributed by atoms with Crippen molar-refractivity contribution >= 4 is 0 Å². The highest BCUT2D eigenvalue weighted by atomic mass is 19.1. The molecule has 20 heavy (non-hydrogen) atoms. The first-order valence-electron chi connectivity index (χ1n) is 7.53. The summed E-state index contributed by atoms with van der Waals surface area (Å²) in [4.78, 5) is 2.15. The van der Waals surface area contributed by atoms with Gasteiger partial charge in [-0.25, -0.2) is 4.39 Å². The molecule has 0 radical (unpaired) electrons. The molecular weight excluding hydrogens is 253 g/mol. The van der Waals surface area contributed by atoms with Crippen molar-refractivity contribution in [2.24, 2.45) is 11.8 Å². The highest BCUT2D eigenvalue weighted by molar-refractivity contribution is 5.19. The second-order valence-corrected chi connectivity index (χ2v) is 6.59. The standard InChI is InChI=1S/C17H26FNO/c1-13-5-4-6-15(12-19(2)3)17(13,20)11-14-7-9-16(18)10-8-14/h7-10,13,15,20H,4-6,11-12H2,1-3H3. The Morgan fingerprint density at radius 1 is 1.25 bits per heavy atom. The molecule has 0 spiro atoms. The van der Waals surface area contributed by atoms with Gasteiger partial charge in [-0.05, 0) is 50.6 Å². The number of hydrogen-bond donors (Lipinski definition) is 1. The first kappa shape index (κ1) is 15.5. The van der Waals surface area contributed by atoms with E-state index >= 15 is 0 Å². The maximum absolute atomic E-state index is 13.0. The van der Waals surface area contributed by atoms with Crippen LogP contribution in [0, 0.1) is 17.7 Å². The summed E-state index contributed by atoms with van der Waals surface area (Å²) >= 11 is 0. The van der Waals surface area contributed by atoms with Crippen LogP contribution in [0.25, 0.3) is 0 Å². The molecule has 2 nitrogen and oxygen atoms in total. The van der Waals surface area contributed by atoms with Crippen molar-refractivity contribution in [2.75, 3.05) is 20.6 Å².